The Bertz CT molecular complexity index is 555. The van der Waals surface area contributed by atoms with E-state index in [0.29, 0.717) is 17.0 Å². The third kappa shape index (κ3) is 3.09. The number of aromatic nitrogens is 1. The van der Waals surface area contributed by atoms with Crippen LogP contribution in [0.3, 0.4) is 0 Å². The van der Waals surface area contributed by atoms with Crippen LogP contribution in [0.2, 0.25) is 0 Å². The Balaban J connectivity index is 1.83. The van der Waals surface area contributed by atoms with Crippen LogP contribution < -0.4 is 10.1 Å². The molecule has 1 aromatic carbocycles. The minimum atomic E-state index is -0.317. The quantitative estimate of drug-likeness (QED) is 0.880. The van der Waals surface area contributed by atoms with E-state index in [1.54, 1.807) is 24.3 Å². The van der Waals surface area contributed by atoms with Crippen molar-refractivity contribution in [2.75, 3.05) is 11.9 Å². The first-order chi connectivity index (χ1) is 8.78. The molecule has 0 radical (unpaired) electrons. The number of nitrogens with zero attached hydrogens (tertiary/aromatic N) is 2. The Kier molecular flexibility index (Phi) is 3.56. The zero-order valence-corrected chi connectivity index (χ0v) is 9.29. The maximum absolute atomic E-state index is 11.4. The van der Waals surface area contributed by atoms with Crippen LogP contribution >= 0.6 is 0 Å². The molecule has 1 N–H and O–H groups in total. The second-order valence-corrected chi connectivity index (χ2v) is 3.39. The summed E-state index contributed by atoms with van der Waals surface area (Å²) in [6, 6.07) is 8.49. The summed E-state index contributed by atoms with van der Waals surface area (Å²) in [4.78, 5) is 11.4. The first kappa shape index (κ1) is 11.7. The van der Waals surface area contributed by atoms with Crippen molar-refractivity contribution < 1.29 is 14.1 Å². The predicted molar refractivity (Wildman–Crippen MR) is 61.8 cm³/mol. The summed E-state index contributed by atoms with van der Waals surface area (Å²) in [7, 11) is 0. The van der Waals surface area contributed by atoms with E-state index in [1.165, 1.54) is 12.5 Å². The molecule has 2 rings (SSSR count). The highest BCUT2D eigenvalue weighted by atomic mass is 16.5. The van der Waals surface area contributed by atoms with E-state index in [1.807, 2.05) is 6.07 Å². The molecule has 0 aliphatic heterocycles. The second-order valence-electron chi connectivity index (χ2n) is 3.39. The highest BCUT2D eigenvalue weighted by molar-refractivity contribution is 5.91. The van der Waals surface area contributed by atoms with Gasteiger partial charge in [0.2, 0.25) is 0 Å². The normalized spacial score (nSPS) is 9.50. The molecule has 0 spiro atoms. The molecule has 6 nitrogen and oxygen atoms in total. The minimum Gasteiger partial charge on any atom is -0.484 e. The van der Waals surface area contributed by atoms with E-state index in [-0.39, 0.29) is 12.5 Å². The number of anilines is 1. The van der Waals surface area contributed by atoms with Crippen LogP contribution in [0, 0.1) is 11.3 Å². The first-order valence-electron chi connectivity index (χ1n) is 5.10. The number of amides is 1. The van der Waals surface area contributed by atoms with Crippen LogP contribution in [0.1, 0.15) is 5.56 Å². The molecule has 0 saturated carbocycles. The number of benzene rings is 1. The molecule has 0 aliphatic rings. The van der Waals surface area contributed by atoms with Crippen LogP contribution in [-0.2, 0) is 4.79 Å². The summed E-state index contributed by atoms with van der Waals surface area (Å²) in [6.45, 7) is -0.128. The van der Waals surface area contributed by atoms with Crippen LogP contribution in [0.25, 0.3) is 0 Å². The second kappa shape index (κ2) is 5.50. The Hall–Kier alpha value is -2.81. The van der Waals surface area contributed by atoms with Gasteiger partial charge in [0, 0.05) is 0 Å². The molecule has 6 heteroatoms. The highest BCUT2D eigenvalue weighted by Gasteiger charge is 2.04. The third-order valence-electron chi connectivity index (χ3n) is 2.07. The molecule has 0 aliphatic carbocycles. The smallest absolute Gasteiger partial charge is 0.262 e. The number of ether oxygens (including phenoxy) is 1. The number of carbonyl (C=O) groups is 1. The van der Waals surface area contributed by atoms with Crippen molar-refractivity contribution in [2.45, 2.75) is 0 Å². The fourth-order valence-corrected chi connectivity index (χ4v) is 1.24. The van der Waals surface area contributed by atoms with Crippen LogP contribution in [0.4, 0.5) is 5.69 Å². The molecule has 2 aromatic rings. The van der Waals surface area contributed by atoms with Crippen LogP contribution in [0.15, 0.2) is 41.2 Å². The lowest BCUT2D eigenvalue weighted by Gasteiger charge is -2.05. The predicted octanol–water partition coefficient (Wildman–Crippen LogP) is 1.56. The van der Waals surface area contributed by atoms with E-state index in [9.17, 15) is 4.79 Å². The van der Waals surface area contributed by atoms with Crippen molar-refractivity contribution >= 4 is 11.6 Å². The Labute approximate surface area is 103 Å². The van der Waals surface area contributed by atoms with E-state index >= 15 is 0 Å². The molecule has 1 heterocycles. The van der Waals surface area contributed by atoms with Gasteiger partial charge in [0.05, 0.1) is 17.8 Å². The van der Waals surface area contributed by atoms with Gasteiger partial charge in [-0.05, 0) is 24.3 Å². The number of nitrogens with one attached hydrogen (secondary N) is 1. The van der Waals surface area contributed by atoms with Gasteiger partial charge in [-0.2, -0.15) is 5.26 Å². The largest absolute Gasteiger partial charge is 0.484 e. The molecule has 18 heavy (non-hydrogen) atoms. The Morgan fingerprint density at radius 1 is 1.44 bits per heavy atom. The molecule has 90 valence electrons. The van der Waals surface area contributed by atoms with Crippen LogP contribution in [0.5, 0.6) is 5.75 Å². The molecule has 0 saturated heterocycles. The molecule has 0 fully saturated rings. The summed E-state index contributed by atoms with van der Waals surface area (Å²) in [5, 5.41) is 14.6. The maximum Gasteiger partial charge on any atom is 0.262 e. The molecule has 0 bridgehead atoms. The SMILES string of the molecule is N#Cc1ccc(OCC(=O)Nc2cnoc2)cc1. The van der Waals surface area contributed by atoms with Gasteiger partial charge in [-0.25, -0.2) is 0 Å². The maximum atomic E-state index is 11.4. The van der Waals surface area contributed by atoms with Crippen molar-refractivity contribution in [2.24, 2.45) is 0 Å². The lowest BCUT2D eigenvalue weighted by molar-refractivity contribution is -0.118. The van der Waals surface area contributed by atoms with Crippen molar-refractivity contribution in [3.8, 4) is 11.8 Å². The number of rotatable bonds is 4. The number of nitriles is 1. The molecular weight excluding hydrogens is 234 g/mol. The van der Waals surface area contributed by atoms with Gasteiger partial charge in [0.25, 0.3) is 5.91 Å². The molecule has 0 atom stereocenters. The van der Waals surface area contributed by atoms with Crippen molar-refractivity contribution in [3.05, 3.63) is 42.3 Å². The Morgan fingerprint density at radius 2 is 2.22 bits per heavy atom. The molecule has 0 unspecified atom stereocenters. The average molecular weight is 243 g/mol. The fourth-order valence-electron chi connectivity index (χ4n) is 1.24. The first-order valence-corrected chi connectivity index (χ1v) is 5.10. The topological polar surface area (TPSA) is 88.1 Å². The summed E-state index contributed by atoms with van der Waals surface area (Å²) in [5.41, 5.74) is 1.01. The van der Waals surface area contributed by atoms with Gasteiger partial charge in [-0.15, -0.1) is 0 Å². The lowest BCUT2D eigenvalue weighted by atomic mass is 10.2. The van der Waals surface area contributed by atoms with Gasteiger partial charge in [0.15, 0.2) is 6.61 Å². The lowest BCUT2D eigenvalue weighted by Crippen LogP contribution is -2.19. The van der Waals surface area contributed by atoms with Crippen molar-refractivity contribution in [1.82, 2.24) is 5.16 Å². The summed E-state index contributed by atoms with van der Waals surface area (Å²) in [6.07, 6.45) is 2.71. The van der Waals surface area contributed by atoms with E-state index in [4.69, 9.17) is 10.00 Å². The van der Waals surface area contributed by atoms with Gasteiger partial charge in [-0.1, -0.05) is 5.16 Å². The summed E-state index contributed by atoms with van der Waals surface area (Å²) >= 11 is 0. The van der Waals surface area contributed by atoms with Gasteiger partial charge in [-0.3, -0.25) is 4.79 Å². The fraction of sp³-hybridized carbons (Fsp3) is 0.0833. The third-order valence-corrected chi connectivity index (χ3v) is 2.07. The standard InChI is InChI=1S/C12H9N3O3/c13-5-9-1-3-11(4-2-9)17-8-12(16)15-10-6-14-18-7-10/h1-4,6-7H,8H2,(H,15,16). The highest BCUT2D eigenvalue weighted by Crippen LogP contribution is 2.11. The molecule has 1 amide bonds. The average Bonchev–Trinajstić information content (AvgIpc) is 2.90. The monoisotopic (exact) mass is 243 g/mol. The van der Waals surface area contributed by atoms with Crippen molar-refractivity contribution in [3.63, 3.8) is 0 Å². The molecule has 1 aromatic heterocycles. The van der Waals surface area contributed by atoms with Gasteiger partial charge >= 0.3 is 0 Å². The zero-order valence-electron chi connectivity index (χ0n) is 9.29. The number of carbonyl (C=O) groups excluding carboxylic acids is 1. The van der Waals surface area contributed by atoms with Crippen LogP contribution in [-0.4, -0.2) is 17.7 Å². The summed E-state index contributed by atoms with van der Waals surface area (Å²) < 4.78 is 9.81. The number of hydrogen-bond donors (Lipinski definition) is 1. The molecular formula is C12H9N3O3. The van der Waals surface area contributed by atoms with Gasteiger partial charge in [0.1, 0.15) is 17.7 Å². The van der Waals surface area contributed by atoms with E-state index in [2.05, 4.69) is 15.0 Å². The summed E-state index contributed by atoms with van der Waals surface area (Å²) in [5.74, 6) is 0.206. The Morgan fingerprint density at radius 3 is 2.83 bits per heavy atom. The number of hydrogen-bond acceptors (Lipinski definition) is 5. The zero-order chi connectivity index (χ0) is 12.8. The van der Waals surface area contributed by atoms with Crippen molar-refractivity contribution in [1.29, 1.82) is 5.26 Å². The minimum absolute atomic E-state index is 0.128. The van der Waals surface area contributed by atoms with Gasteiger partial charge < -0.3 is 14.6 Å². The van der Waals surface area contributed by atoms with E-state index < -0.39 is 0 Å². The van der Waals surface area contributed by atoms with E-state index in [0.717, 1.165) is 0 Å².